The first-order valence-electron chi connectivity index (χ1n) is 6.63. The maximum atomic E-state index is 5.66. The highest BCUT2D eigenvalue weighted by atomic mass is 16.7. The Balaban J connectivity index is 1.64. The van der Waals surface area contributed by atoms with Gasteiger partial charge in [-0.3, -0.25) is 0 Å². The Morgan fingerprint density at radius 1 is 1.25 bits per heavy atom. The van der Waals surface area contributed by atoms with Gasteiger partial charge < -0.3 is 9.47 Å². The highest BCUT2D eigenvalue weighted by molar-refractivity contribution is 5.02. The summed E-state index contributed by atoms with van der Waals surface area (Å²) in [6.07, 6.45) is 8.70. The van der Waals surface area contributed by atoms with Crippen molar-refractivity contribution in [3.05, 3.63) is 11.6 Å². The first-order chi connectivity index (χ1) is 7.74. The average molecular weight is 224 g/mol. The highest BCUT2D eigenvalue weighted by Gasteiger charge is 2.21. The van der Waals surface area contributed by atoms with Gasteiger partial charge in [-0.1, -0.05) is 18.6 Å². The number of allylic oxidation sites excluding steroid dienone is 2. The largest absolute Gasteiger partial charge is 0.352 e. The second kappa shape index (κ2) is 5.83. The predicted molar refractivity (Wildman–Crippen MR) is 65.2 cm³/mol. The first kappa shape index (κ1) is 12.1. The fourth-order valence-electron chi connectivity index (χ4n) is 2.46. The summed E-state index contributed by atoms with van der Waals surface area (Å²) in [7, 11) is 0. The summed E-state index contributed by atoms with van der Waals surface area (Å²) in [6, 6.07) is 0. The maximum absolute atomic E-state index is 5.66. The zero-order valence-corrected chi connectivity index (χ0v) is 10.6. The zero-order chi connectivity index (χ0) is 11.4. The topological polar surface area (TPSA) is 18.5 Å². The normalized spacial score (nSPS) is 35.9. The monoisotopic (exact) mass is 224 g/mol. The van der Waals surface area contributed by atoms with Crippen LogP contribution in [0, 0.1) is 11.8 Å². The van der Waals surface area contributed by atoms with E-state index in [1.807, 2.05) is 0 Å². The molecule has 2 nitrogen and oxygen atoms in total. The molecule has 2 aliphatic rings. The van der Waals surface area contributed by atoms with Gasteiger partial charge in [-0.15, -0.1) is 0 Å². The van der Waals surface area contributed by atoms with E-state index >= 15 is 0 Å². The molecule has 2 rings (SSSR count). The summed E-state index contributed by atoms with van der Waals surface area (Å²) in [5.41, 5.74) is 1.57. The third-order valence-corrected chi connectivity index (χ3v) is 3.69. The van der Waals surface area contributed by atoms with Crippen LogP contribution in [0.1, 0.15) is 46.0 Å². The molecule has 1 saturated heterocycles. The molecular weight excluding hydrogens is 200 g/mol. The van der Waals surface area contributed by atoms with Crippen molar-refractivity contribution in [2.24, 2.45) is 11.8 Å². The first-order valence-corrected chi connectivity index (χ1v) is 6.63. The van der Waals surface area contributed by atoms with Crippen LogP contribution in [0.5, 0.6) is 0 Å². The van der Waals surface area contributed by atoms with Crippen LogP contribution in [-0.4, -0.2) is 19.5 Å². The summed E-state index contributed by atoms with van der Waals surface area (Å²) in [5, 5.41) is 0. The molecule has 1 heterocycles. The van der Waals surface area contributed by atoms with Crippen LogP contribution < -0.4 is 0 Å². The Morgan fingerprint density at radius 2 is 2.00 bits per heavy atom. The lowest BCUT2D eigenvalue weighted by Gasteiger charge is -2.29. The van der Waals surface area contributed by atoms with Crippen LogP contribution in [0.4, 0.5) is 0 Å². The molecular formula is C14H24O2. The molecule has 1 unspecified atom stereocenters. The Hall–Kier alpha value is -0.340. The molecule has 1 atom stereocenters. The van der Waals surface area contributed by atoms with Gasteiger partial charge in [0.1, 0.15) is 0 Å². The van der Waals surface area contributed by atoms with Crippen molar-refractivity contribution < 1.29 is 9.47 Å². The van der Waals surface area contributed by atoms with E-state index in [2.05, 4.69) is 19.9 Å². The van der Waals surface area contributed by atoms with Crippen molar-refractivity contribution in [3.8, 4) is 0 Å². The molecule has 1 fully saturated rings. The minimum Gasteiger partial charge on any atom is -0.352 e. The molecule has 0 N–H and O–H groups in total. The molecule has 2 heteroatoms. The summed E-state index contributed by atoms with van der Waals surface area (Å²) in [6.45, 7) is 6.15. The lowest BCUT2D eigenvalue weighted by molar-refractivity contribution is -0.201. The van der Waals surface area contributed by atoms with Crippen LogP contribution in [0.3, 0.4) is 0 Å². The molecule has 0 amide bonds. The fraction of sp³-hybridized carbons (Fsp3) is 0.857. The standard InChI is InChI=1S/C14H24O2/c1-11-3-5-13(6-4-11)7-8-14-15-9-12(2)10-16-14/h3,12-14H,4-10H2,1-2H3. The third-order valence-electron chi connectivity index (χ3n) is 3.69. The molecule has 0 radical (unpaired) electrons. The molecule has 1 aliphatic heterocycles. The second-order valence-corrected chi connectivity index (χ2v) is 5.47. The van der Waals surface area contributed by atoms with E-state index < -0.39 is 0 Å². The number of ether oxygens (including phenoxy) is 2. The van der Waals surface area contributed by atoms with E-state index in [9.17, 15) is 0 Å². The summed E-state index contributed by atoms with van der Waals surface area (Å²) in [4.78, 5) is 0. The maximum Gasteiger partial charge on any atom is 0.157 e. The van der Waals surface area contributed by atoms with Crippen molar-refractivity contribution in [3.63, 3.8) is 0 Å². The molecule has 0 spiro atoms. The predicted octanol–water partition coefficient (Wildman–Crippen LogP) is 3.52. The van der Waals surface area contributed by atoms with Crippen molar-refractivity contribution in [1.82, 2.24) is 0 Å². The Labute approximate surface area is 99.0 Å². The van der Waals surface area contributed by atoms with E-state index in [1.165, 1.54) is 25.7 Å². The van der Waals surface area contributed by atoms with Gasteiger partial charge in [0.2, 0.25) is 0 Å². The van der Waals surface area contributed by atoms with Crippen molar-refractivity contribution in [1.29, 1.82) is 0 Å². The van der Waals surface area contributed by atoms with Crippen molar-refractivity contribution in [2.45, 2.75) is 52.2 Å². The number of rotatable bonds is 3. The zero-order valence-electron chi connectivity index (χ0n) is 10.6. The minimum absolute atomic E-state index is 0.0724. The van der Waals surface area contributed by atoms with Gasteiger partial charge in [0, 0.05) is 5.92 Å². The van der Waals surface area contributed by atoms with Crippen molar-refractivity contribution >= 4 is 0 Å². The number of hydrogen-bond acceptors (Lipinski definition) is 2. The van der Waals surface area contributed by atoms with Crippen LogP contribution >= 0.6 is 0 Å². The van der Waals surface area contributed by atoms with E-state index in [0.29, 0.717) is 5.92 Å². The molecule has 0 saturated carbocycles. The van der Waals surface area contributed by atoms with Gasteiger partial charge >= 0.3 is 0 Å². The average Bonchev–Trinajstić information content (AvgIpc) is 2.30. The third kappa shape index (κ3) is 3.60. The highest BCUT2D eigenvalue weighted by Crippen LogP contribution is 2.28. The smallest absolute Gasteiger partial charge is 0.157 e. The van der Waals surface area contributed by atoms with E-state index in [-0.39, 0.29) is 6.29 Å². The summed E-state index contributed by atoms with van der Waals surface area (Å²) >= 11 is 0. The van der Waals surface area contributed by atoms with Crippen LogP contribution in [0.25, 0.3) is 0 Å². The van der Waals surface area contributed by atoms with Gasteiger partial charge in [0.25, 0.3) is 0 Å². The Kier molecular flexibility index (Phi) is 4.42. The van der Waals surface area contributed by atoms with Crippen LogP contribution in [-0.2, 0) is 9.47 Å². The van der Waals surface area contributed by atoms with Crippen molar-refractivity contribution in [2.75, 3.05) is 13.2 Å². The molecule has 16 heavy (non-hydrogen) atoms. The fourth-order valence-corrected chi connectivity index (χ4v) is 2.46. The second-order valence-electron chi connectivity index (χ2n) is 5.47. The van der Waals surface area contributed by atoms with Crippen LogP contribution in [0.15, 0.2) is 11.6 Å². The molecule has 92 valence electrons. The molecule has 0 aromatic heterocycles. The summed E-state index contributed by atoms with van der Waals surface area (Å²) in [5.74, 6) is 1.42. The van der Waals surface area contributed by atoms with E-state index in [4.69, 9.17) is 9.47 Å². The molecule has 0 bridgehead atoms. The Morgan fingerprint density at radius 3 is 2.62 bits per heavy atom. The molecule has 1 aliphatic carbocycles. The number of hydrogen-bond donors (Lipinski definition) is 0. The van der Waals surface area contributed by atoms with E-state index in [1.54, 1.807) is 5.57 Å². The Bertz CT molecular complexity index is 239. The molecule has 0 aromatic rings. The lowest BCUT2D eigenvalue weighted by atomic mass is 9.87. The SMILES string of the molecule is CC1=CCC(CCC2OCC(C)CO2)CC1. The summed E-state index contributed by atoms with van der Waals surface area (Å²) < 4.78 is 11.3. The van der Waals surface area contributed by atoms with Gasteiger partial charge in [0.05, 0.1) is 13.2 Å². The quantitative estimate of drug-likeness (QED) is 0.683. The van der Waals surface area contributed by atoms with Gasteiger partial charge in [-0.25, -0.2) is 0 Å². The molecule has 0 aromatic carbocycles. The van der Waals surface area contributed by atoms with Gasteiger partial charge in [0.15, 0.2) is 6.29 Å². The lowest BCUT2D eigenvalue weighted by Crippen LogP contribution is -2.30. The van der Waals surface area contributed by atoms with Gasteiger partial charge in [-0.2, -0.15) is 0 Å². The minimum atomic E-state index is 0.0724. The van der Waals surface area contributed by atoms with Crippen LogP contribution in [0.2, 0.25) is 0 Å². The van der Waals surface area contributed by atoms with E-state index in [0.717, 1.165) is 25.6 Å². The van der Waals surface area contributed by atoms with Gasteiger partial charge in [-0.05, 0) is 44.9 Å².